The van der Waals surface area contributed by atoms with Gasteiger partial charge < -0.3 is 4.42 Å². The summed E-state index contributed by atoms with van der Waals surface area (Å²) in [6.45, 7) is 1.51. The number of hydrogen-bond donors (Lipinski definition) is 0. The molecule has 0 spiro atoms. The van der Waals surface area contributed by atoms with Gasteiger partial charge in [0.25, 0.3) is 5.56 Å². The van der Waals surface area contributed by atoms with Crippen LogP contribution >= 0.6 is 11.6 Å². The van der Waals surface area contributed by atoms with Crippen LogP contribution < -0.4 is 11.3 Å². The molecule has 5 heteroatoms. The third kappa shape index (κ3) is 1.67. The predicted octanol–water partition coefficient (Wildman–Crippen LogP) is 1.75. The van der Waals surface area contributed by atoms with Crippen molar-refractivity contribution in [2.24, 2.45) is 0 Å². The predicted molar refractivity (Wildman–Crippen MR) is 60.3 cm³/mol. The van der Waals surface area contributed by atoms with Crippen molar-refractivity contribution in [2.45, 2.75) is 6.92 Å². The van der Waals surface area contributed by atoms with Gasteiger partial charge in [0, 0.05) is 0 Å². The van der Waals surface area contributed by atoms with E-state index in [9.17, 15) is 9.59 Å². The second-order valence-electron chi connectivity index (χ2n) is 3.24. The lowest BCUT2D eigenvalue weighted by atomic mass is 10.3. The van der Waals surface area contributed by atoms with Crippen molar-refractivity contribution in [2.75, 3.05) is 0 Å². The molecule has 0 amide bonds. The van der Waals surface area contributed by atoms with Crippen LogP contribution in [0.3, 0.4) is 0 Å². The number of aromatic nitrogens is 1. The quantitative estimate of drug-likeness (QED) is 0.759. The Morgan fingerprint density at radius 3 is 2.44 bits per heavy atom. The van der Waals surface area contributed by atoms with Gasteiger partial charge in [-0.2, -0.15) is 0 Å². The first-order valence-electron chi connectivity index (χ1n) is 4.59. The van der Waals surface area contributed by atoms with Gasteiger partial charge in [-0.3, -0.25) is 4.79 Å². The molecule has 0 radical (unpaired) electrons. The lowest BCUT2D eigenvalue weighted by Gasteiger charge is -2.04. The fraction of sp³-hybridized carbons (Fsp3) is 0.0909. The van der Waals surface area contributed by atoms with Crippen molar-refractivity contribution in [3.63, 3.8) is 0 Å². The third-order valence-corrected chi connectivity index (χ3v) is 2.55. The Bertz CT molecular complexity index is 628. The van der Waals surface area contributed by atoms with Gasteiger partial charge in [-0.1, -0.05) is 18.2 Å². The molecular formula is C11H8ClNO3. The van der Waals surface area contributed by atoms with Gasteiger partial charge in [0.1, 0.15) is 0 Å². The van der Waals surface area contributed by atoms with E-state index < -0.39 is 11.3 Å². The Morgan fingerprint density at radius 2 is 1.81 bits per heavy atom. The largest absolute Gasteiger partial charge is 0.427 e. The first-order chi connectivity index (χ1) is 7.61. The van der Waals surface area contributed by atoms with E-state index in [4.69, 9.17) is 16.0 Å². The van der Waals surface area contributed by atoms with Crippen LogP contribution in [0.25, 0.3) is 5.69 Å². The van der Waals surface area contributed by atoms with Crippen molar-refractivity contribution < 1.29 is 4.42 Å². The first kappa shape index (κ1) is 10.7. The fourth-order valence-corrected chi connectivity index (χ4v) is 1.48. The summed E-state index contributed by atoms with van der Waals surface area (Å²) < 4.78 is 5.69. The Kier molecular flexibility index (Phi) is 2.66. The van der Waals surface area contributed by atoms with E-state index in [0.29, 0.717) is 5.69 Å². The number of hydrogen-bond acceptors (Lipinski definition) is 3. The summed E-state index contributed by atoms with van der Waals surface area (Å²) >= 11 is 5.60. The summed E-state index contributed by atoms with van der Waals surface area (Å²) in [5.74, 6) is -0.785. The molecule has 0 aliphatic carbocycles. The second-order valence-corrected chi connectivity index (χ2v) is 3.59. The molecule has 0 unspecified atom stereocenters. The van der Waals surface area contributed by atoms with Crippen molar-refractivity contribution >= 4 is 11.6 Å². The van der Waals surface area contributed by atoms with E-state index in [1.54, 1.807) is 30.3 Å². The number of para-hydroxylation sites is 1. The monoisotopic (exact) mass is 237 g/mol. The van der Waals surface area contributed by atoms with Crippen LogP contribution in [0, 0.1) is 6.92 Å². The minimum Gasteiger partial charge on any atom is -0.397 e. The maximum atomic E-state index is 11.8. The SMILES string of the molecule is Cc1c(Cl)oc(=O)n(-c2ccccc2)c1=O. The van der Waals surface area contributed by atoms with Gasteiger partial charge in [-0.05, 0) is 30.7 Å². The van der Waals surface area contributed by atoms with Gasteiger partial charge in [0.2, 0.25) is 5.22 Å². The Labute approximate surface area is 95.7 Å². The van der Waals surface area contributed by atoms with E-state index in [2.05, 4.69) is 0 Å². The fourth-order valence-electron chi connectivity index (χ4n) is 1.33. The zero-order chi connectivity index (χ0) is 11.7. The number of benzene rings is 1. The molecule has 0 N–H and O–H groups in total. The molecule has 82 valence electrons. The molecular weight excluding hydrogens is 230 g/mol. The zero-order valence-electron chi connectivity index (χ0n) is 8.44. The van der Waals surface area contributed by atoms with Crippen molar-refractivity contribution in [3.05, 3.63) is 62.0 Å². The van der Waals surface area contributed by atoms with E-state index in [0.717, 1.165) is 4.57 Å². The van der Waals surface area contributed by atoms with E-state index in [-0.39, 0.29) is 10.8 Å². The minimum absolute atomic E-state index is 0.165. The molecule has 0 fully saturated rings. The van der Waals surface area contributed by atoms with Crippen molar-refractivity contribution in [1.82, 2.24) is 4.57 Å². The molecule has 0 aliphatic rings. The van der Waals surface area contributed by atoms with E-state index in [1.165, 1.54) is 6.92 Å². The maximum Gasteiger partial charge on any atom is 0.427 e. The van der Waals surface area contributed by atoms with Crippen LogP contribution in [0.15, 0.2) is 44.3 Å². The summed E-state index contributed by atoms with van der Waals surface area (Å²) in [4.78, 5) is 23.4. The number of halogens is 1. The zero-order valence-corrected chi connectivity index (χ0v) is 9.19. The highest BCUT2D eigenvalue weighted by Gasteiger charge is 2.11. The molecule has 0 bridgehead atoms. The summed E-state index contributed by atoms with van der Waals surface area (Å²) in [5.41, 5.74) is 0.207. The molecule has 4 nitrogen and oxygen atoms in total. The Morgan fingerprint density at radius 1 is 1.19 bits per heavy atom. The van der Waals surface area contributed by atoms with E-state index in [1.807, 2.05) is 0 Å². The minimum atomic E-state index is -0.785. The molecule has 0 saturated carbocycles. The third-order valence-electron chi connectivity index (χ3n) is 2.19. The van der Waals surface area contributed by atoms with E-state index >= 15 is 0 Å². The van der Waals surface area contributed by atoms with Crippen LogP contribution in [0.5, 0.6) is 0 Å². The smallest absolute Gasteiger partial charge is 0.397 e. The highest BCUT2D eigenvalue weighted by molar-refractivity contribution is 6.29. The van der Waals surface area contributed by atoms with Crippen LogP contribution in [0.4, 0.5) is 0 Å². The highest BCUT2D eigenvalue weighted by atomic mass is 35.5. The van der Waals surface area contributed by atoms with Crippen LogP contribution in [0.2, 0.25) is 5.22 Å². The lowest BCUT2D eigenvalue weighted by molar-refractivity contribution is 0.455. The normalized spacial score (nSPS) is 10.4. The molecule has 2 rings (SSSR count). The molecule has 0 aliphatic heterocycles. The summed E-state index contributed by atoms with van der Waals surface area (Å²) in [7, 11) is 0. The molecule has 2 aromatic rings. The van der Waals surface area contributed by atoms with Crippen molar-refractivity contribution in [3.8, 4) is 5.69 Å². The lowest BCUT2D eigenvalue weighted by Crippen LogP contribution is -2.32. The molecule has 1 heterocycles. The molecule has 0 atom stereocenters. The molecule has 1 aromatic carbocycles. The van der Waals surface area contributed by atoms with Gasteiger partial charge in [0.15, 0.2) is 0 Å². The molecule has 1 aromatic heterocycles. The van der Waals surface area contributed by atoms with Crippen LogP contribution in [0.1, 0.15) is 5.56 Å². The summed E-state index contributed by atoms with van der Waals surface area (Å²) in [6.07, 6.45) is 0. The molecule has 16 heavy (non-hydrogen) atoms. The summed E-state index contributed by atoms with van der Waals surface area (Å²) in [5, 5.41) is -0.165. The average Bonchev–Trinajstić information content (AvgIpc) is 2.28. The Hall–Kier alpha value is -1.81. The topological polar surface area (TPSA) is 52.2 Å². The maximum absolute atomic E-state index is 11.8. The van der Waals surface area contributed by atoms with Crippen LogP contribution in [-0.2, 0) is 0 Å². The second kappa shape index (κ2) is 3.98. The standard InChI is InChI=1S/C11H8ClNO3/c1-7-9(12)16-11(15)13(10(7)14)8-5-3-2-4-6-8/h2-6H,1H3. The van der Waals surface area contributed by atoms with Gasteiger partial charge in [-0.15, -0.1) is 0 Å². The number of rotatable bonds is 1. The van der Waals surface area contributed by atoms with Crippen molar-refractivity contribution in [1.29, 1.82) is 0 Å². The van der Waals surface area contributed by atoms with Gasteiger partial charge in [0.05, 0.1) is 11.3 Å². The van der Waals surface area contributed by atoms with Gasteiger partial charge in [-0.25, -0.2) is 9.36 Å². The number of nitrogens with zero attached hydrogens (tertiary/aromatic N) is 1. The van der Waals surface area contributed by atoms with Gasteiger partial charge >= 0.3 is 5.76 Å². The average molecular weight is 238 g/mol. The Balaban J connectivity index is 2.82. The summed E-state index contributed by atoms with van der Waals surface area (Å²) in [6, 6.07) is 8.53. The first-order valence-corrected chi connectivity index (χ1v) is 4.96. The highest BCUT2D eigenvalue weighted by Crippen LogP contribution is 2.09. The van der Waals surface area contributed by atoms with Crippen LogP contribution in [-0.4, -0.2) is 4.57 Å². The molecule has 0 saturated heterocycles.